The van der Waals surface area contributed by atoms with Gasteiger partial charge >= 0.3 is 0 Å². The molecule has 0 aliphatic carbocycles. The number of likely N-dealkylation sites (tertiary alicyclic amines) is 1. The van der Waals surface area contributed by atoms with E-state index < -0.39 is 5.82 Å². The van der Waals surface area contributed by atoms with Crippen LogP contribution in [-0.4, -0.2) is 53.4 Å². The standard InChI is InChI=1S/C24H22FN7O2S/c1-15(34)30-7-4-18(5-8-30)32-21(14-33)19(12-29-32)16-9-22(35-24-20(25)3-2-6-27-24)23-17(10-26)11-28-31(23)13-16/h2-3,6,9,11-13,18,33H,4-5,7-8,14H2,1H3. The number of amides is 1. The van der Waals surface area contributed by atoms with Crippen molar-refractivity contribution in [3.63, 3.8) is 0 Å². The molecule has 1 aliphatic rings. The summed E-state index contributed by atoms with van der Waals surface area (Å²) in [6.07, 6.45) is 7.95. The van der Waals surface area contributed by atoms with E-state index in [2.05, 4.69) is 21.3 Å². The summed E-state index contributed by atoms with van der Waals surface area (Å²) < 4.78 is 17.8. The first-order valence-corrected chi connectivity index (χ1v) is 11.9. The van der Waals surface area contributed by atoms with Crippen LogP contribution in [0, 0.1) is 17.1 Å². The quantitative estimate of drug-likeness (QED) is 0.455. The number of nitriles is 1. The van der Waals surface area contributed by atoms with Gasteiger partial charge in [0.15, 0.2) is 5.82 Å². The van der Waals surface area contributed by atoms with E-state index in [-0.39, 0.29) is 23.6 Å². The molecule has 178 valence electrons. The lowest BCUT2D eigenvalue weighted by Gasteiger charge is -2.32. The molecule has 0 spiro atoms. The average Bonchev–Trinajstić information content (AvgIpc) is 3.49. The highest BCUT2D eigenvalue weighted by molar-refractivity contribution is 7.99. The molecule has 1 amide bonds. The zero-order valence-electron chi connectivity index (χ0n) is 18.9. The molecule has 0 atom stereocenters. The highest BCUT2D eigenvalue weighted by atomic mass is 32.2. The van der Waals surface area contributed by atoms with E-state index in [4.69, 9.17) is 0 Å². The van der Waals surface area contributed by atoms with Crippen molar-refractivity contribution < 1.29 is 14.3 Å². The van der Waals surface area contributed by atoms with Crippen LogP contribution in [0.5, 0.6) is 0 Å². The zero-order valence-corrected chi connectivity index (χ0v) is 19.7. The zero-order chi connectivity index (χ0) is 24.5. The molecule has 1 fully saturated rings. The minimum absolute atomic E-state index is 0.0608. The van der Waals surface area contributed by atoms with E-state index in [0.717, 1.165) is 35.7 Å². The number of aliphatic hydroxyl groups excluding tert-OH is 1. The number of piperidine rings is 1. The van der Waals surface area contributed by atoms with Crippen molar-refractivity contribution in [1.82, 2.24) is 29.3 Å². The Bertz CT molecular complexity index is 1450. The van der Waals surface area contributed by atoms with Gasteiger partial charge < -0.3 is 10.0 Å². The third kappa shape index (κ3) is 4.26. The summed E-state index contributed by atoms with van der Waals surface area (Å²) in [5.74, 6) is -0.398. The number of hydrogen-bond donors (Lipinski definition) is 1. The third-order valence-corrected chi connectivity index (χ3v) is 7.27. The normalized spacial score (nSPS) is 14.4. The molecule has 1 N–H and O–H groups in total. The van der Waals surface area contributed by atoms with Crippen LogP contribution in [-0.2, 0) is 11.4 Å². The summed E-state index contributed by atoms with van der Waals surface area (Å²) in [5, 5.41) is 28.9. The second kappa shape index (κ2) is 9.48. The lowest BCUT2D eigenvalue weighted by molar-refractivity contribution is -0.130. The van der Waals surface area contributed by atoms with Crippen molar-refractivity contribution >= 4 is 23.2 Å². The Morgan fingerprint density at radius 2 is 2.11 bits per heavy atom. The van der Waals surface area contributed by atoms with Gasteiger partial charge in [-0.05, 0) is 31.0 Å². The van der Waals surface area contributed by atoms with Crippen molar-refractivity contribution in [2.24, 2.45) is 0 Å². The van der Waals surface area contributed by atoms with Crippen LogP contribution in [0.1, 0.15) is 37.1 Å². The molecule has 1 saturated heterocycles. The van der Waals surface area contributed by atoms with Gasteiger partial charge in [0, 0.05) is 48.4 Å². The summed E-state index contributed by atoms with van der Waals surface area (Å²) in [6, 6.07) is 6.90. The Labute approximate surface area is 204 Å². The lowest BCUT2D eigenvalue weighted by atomic mass is 10.0. The fourth-order valence-electron chi connectivity index (χ4n) is 4.47. The van der Waals surface area contributed by atoms with Gasteiger partial charge in [0.25, 0.3) is 0 Å². The molecule has 9 nitrogen and oxygen atoms in total. The summed E-state index contributed by atoms with van der Waals surface area (Å²) in [4.78, 5) is 18.2. The predicted octanol–water partition coefficient (Wildman–Crippen LogP) is 3.43. The van der Waals surface area contributed by atoms with Crippen molar-refractivity contribution in [2.45, 2.75) is 42.3 Å². The Balaban J connectivity index is 1.56. The first-order valence-electron chi connectivity index (χ1n) is 11.1. The maximum atomic E-state index is 14.4. The summed E-state index contributed by atoms with van der Waals surface area (Å²) in [6.45, 7) is 2.64. The highest BCUT2D eigenvalue weighted by Crippen LogP contribution is 2.37. The fraction of sp³-hybridized carbons (Fsp3) is 0.292. The second-order valence-corrected chi connectivity index (χ2v) is 9.32. The van der Waals surface area contributed by atoms with Crippen LogP contribution in [0.3, 0.4) is 0 Å². The number of pyridine rings is 2. The van der Waals surface area contributed by atoms with Crippen LogP contribution in [0.25, 0.3) is 16.6 Å². The summed E-state index contributed by atoms with van der Waals surface area (Å²) in [5.41, 5.74) is 3.02. The van der Waals surface area contributed by atoms with Gasteiger partial charge in [0.2, 0.25) is 5.91 Å². The molecule has 0 aromatic carbocycles. The third-order valence-electron chi connectivity index (χ3n) is 6.24. The van der Waals surface area contributed by atoms with Crippen LogP contribution in [0.2, 0.25) is 0 Å². The van der Waals surface area contributed by atoms with E-state index in [0.29, 0.717) is 34.8 Å². The Morgan fingerprint density at radius 3 is 2.80 bits per heavy atom. The topological polar surface area (TPSA) is 112 Å². The first-order chi connectivity index (χ1) is 17.0. The van der Waals surface area contributed by atoms with Gasteiger partial charge in [-0.15, -0.1) is 0 Å². The van der Waals surface area contributed by atoms with Gasteiger partial charge in [-0.1, -0.05) is 11.8 Å². The number of aliphatic hydroxyl groups is 1. The number of halogens is 1. The van der Waals surface area contributed by atoms with E-state index >= 15 is 0 Å². The first kappa shape index (κ1) is 23.0. The molecule has 11 heteroatoms. The van der Waals surface area contributed by atoms with E-state index in [1.165, 1.54) is 24.5 Å². The summed E-state index contributed by atoms with van der Waals surface area (Å²) >= 11 is 1.11. The SMILES string of the molecule is CC(=O)N1CCC(n2ncc(-c3cc(Sc4ncccc4F)c4c(C#N)cnn4c3)c2CO)CC1. The molecule has 35 heavy (non-hydrogen) atoms. The molecular formula is C24H22FN7O2S. The molecule has 0 bridgehead atoms. The predicted molar refractivity (Wildman–Crippen MR) is 126 cm³/mol. The molecule has 1 aliphatic heterocycles. The molecule has 4 aromatic heterocycles. The second-order valence-electron chi connectivity index (χ2n) is 8.29. The average molecular weight is 492 g/mol. The molecule has 0 radical (unpaired) electrons. The monoisotopic (exact) mass is 491 g/mol. The minimum atomic E-state index is -0.458. The van der Waals surface area contributed by atoms with Gasteiger partial charge in [-0.2, -0.15) is 15.5 Å². The van der Waals surface area contributed by atoms with Crippen LogP contribution in [0.15, 0.2) is 52.9 Å². The Hall–Kier alpha value is -3.75. The molecule has 0 saturated carbocycles. The maximum absolute atomic E-state index is 14.4. The fourth-order valence-corrected chi connectivity index (χ4v) is 5.44. The van der Waals surface area contributed by atoms with Crippen molar-refractivity contribution in [3.8, 4) is 17.2 Å². The molecule has 0 unspecified atom stereocenters. The molecule has 5 rings (SSSR count). The van der Waals surface area contributed by atoms with Crippen molar-refractivity contribution in [3.05, 3.63) is 60.1 Å². The number of rotatable bonds is 5. The number of carbonyl (C=O) groups excluding carboxylic acids is 1. The number of carbonyl (C=O) groups is 1. The molecular weight excluding hydrogens is 469 g/mol. The Kier molecular flexibility index (Phi) is 6.23. The minimum Gasteiger partial charge on any atom is -0.390 e. The number of nitrogens with zero attached hydrogens (tertiary/aromatic N) is 7. The van der Waals surface area contributed by atoms with E-state index in [1.54, 1.807) is 23.8 Å². The maximum Gasteiger partial charge on any atom is 0.219 e. The number of hydrogen-bond acceptors (Lipinski definition) is 7. The molecule has 4 aromatic rings. The van der Waals surface area contributed by atoms with Crippen LogP contribution < -0.4 is 0 Å². The van der Waals surface area contributed by atoms with Gasteiger partial charge in [0.05, 0.1) is 41.8 Å². The highest BCUT2D eigenvalue weighted by Gasteiger charge is 2.26. The van der Waals surface area contributed by atoms with Gasteiger partial charge in [-0.3, -0.25) is 9.48 Å². The van der Waals surface area contributed by atoms with E-state index in [9.17, 15) is 19.6 Å². The molecule has 5 heterocycles. The van der Waals surface area contributed by atoms with Crippen LogP contribution in [0.4, 0.5) is 4.39 Å². The van der Waals surface area contributed by atoms with Crippen LogP contribution >= 0.6 is 11.8 Å². The van der Waals surface area contributed by atoms with Gasteiger partial charge in [0.1, 0.15) is 11.1 Å². The van der Waals surface area contributed by atoms with Crippen molar-refractivity contribution in [1.29, 1.82) is 5.26 Å². The van der Waals surface area contributed by atoms with Crippen molar-refractivity contribution in [2.75, 3.05) is 13.1 Å². The Morgan fingerprint density at radius 1 is 1.31 bits per heavy atom. The largest absolute Gasteiger partial charge is 0.390 e. The number of aromatic nitrogens is 5. The number of fused-ring (bicyclic) bond motifs is 1. The van der Waals surface area contributed by atoms with Gasteiger partial charge in [-0.25, -0.2) is 13.9 Å². The van der Waals surface area contributed by atoms with E-state index in [1.807, 2.05) is 15.6 Å². The summed E-state index contributed by atoms with van der Waals surface area (Å²) in [7, 11) is 0. The lowest BCUT2D eigenvalue weighted by Crippen LogP contribution is -2.38. The smallest absolute Gasteiger partial charge is 0.219 e.